The summed E-state index contributed by atoms with van der Waals surface area (Å²) < 4.78 is 5.22. The van der Waals surface area contributed by atoms with Crippen molar-refractivity contribution < 1.29 is 4.52 Å². The van der Waals surface area contributed by atoms with Gasteiger partial charge in [-0.2, -0.15) is 4.98 Å². The number of aromatic nitrogens is 2. The molecular weight excluding hydrogens is 294 g/mol. The van der Waals surface area contributed by atoms with Crippen LogP contribution in [0.15, 0.2) is 33.7 Å². The average molecular weight is 312 g/mol. The van der Waals surface area contributed by atoms with Gasteiger partial charge in [-0.05, 0) is 38.0 Å². The average Bonchev–Trinajstić information content (AvgIpc) is 2.84. The molecule has 1 heterocycles. The summed E-state index contributed by atoms with van der Waals surface area (Å²) in [5.41, 5.74) is 5.71. The van der Waals surface area contributed by atoms with Gasteiger partial charge in [0.05, 0.1) is 5.75 Å². The molecule has 1 unspecified atom stereocenters. The van der Waals surface area contributed by atoms with E-state index in [0.29, 0.717) is 17.5 Å². The molecule has 6 heteroatoms. The Balaban J connectivity index is 1.80. The van der Waals surface area contributed by atoms with E-state index < -0.39 is 0 Å². The van der Waals surface area contributed by atoms with Crippen molar-refractivity contribution in [1.29, 1.82) is 0 Å². The van der Waals surface area contributed by atoms with E-state index in [1.807, 2.05) is 31.2 Å². The van der Waals surface area contributed by atoms with Crippen LogP contribution in [0.5, 0.6) is 0 Å². The molecule has 4 nitrogen and oxygen atoms in total. The SMILES string of the molecule is CC(N)CCCc1nc(CSc2cccc(Cl)c2)no1. The third-order valence-corrected chi connectivity index (χ3v) is 3.95. The molecule has 0 spiro atoms. The topological polar surface area (TPSA) is 64.9 Å². The number of benzene rings is 1. The van der Waals surface area contributed by atoms with Crippen molar-refractivity contribution in [3.63, 3.8) is 0 Å². The van der Waals surface area contributed by atoms with Crippen LogP contribution in [-0.4, -0.2) is 16.2 Å². The van der Waals surface area contributed by atoms with Crippen LogP contribution in [0.3, 0.4) is 0 Å². The Morgan fingerprint density at radius 2 is 2.30 bits per heavy atom. The lowest BCUT2D eigenvalue weighted by molar-refractivity contribution is 0.369. The van der Waals surface area contributed by atoms with Gasteiger partial charge in [0.15, 0.2) is 5.82 Å². The number of nitrogens with two attached hydrogens (primary N) is 1. The highest BCUT2D eigenvalue weighted by Crippen LogP contribution is 2.24. The van der Waals surface area contributed by atoms with E-state index >= 15 is 0 Å². The van der Waals surface area contributed by atoms with Crippen LogP contribution in [0.25, 0.3) is 0 Å². The molecule has 0 fully saturated rings. The lowest BCUT2D eigenvalue weighted by Gasteiger charge is -2.00. The molecule has 1 aromatic heterocycles. The van der Waals surface area contributed by atoms with Gasteiger partial charge in [-0.3, -0.25) is 0 Å². The zero-order chi connectivity index (χ0) is 14.4. The first-order chi connectivity index (χ1) is 9.63. The summed E-state index contributed by atoms with van der Waals surface area (Å²) in [6, 6.07) is 7.95. The van der Waals surface area contributed by atoms with Crippen molar-refractivity contribution in [3.8, 4) is 0 Å². The summed E-state index contributed by atoms with van der Waals surface area (Å²) in [6.07, 6.45) is 2.73. The van der Waals surface area contributed by atoms with Crippen molar-refractivity contribution >= 4 is 23.4 Å². The molecule has 0 amide bonds. The molecule has 0 aliphatic rings. The molecule has 0 saturated carbocycles. The van der Waals surface area contributed by atoms with E-state index in [2.05, 4.69) is 10.1 Å². The second kappa shape index (κ2) is 7.67. The van der Waals surface area contributed by atoms with Crippen LogP contribution in [0.2, 0.25) is 5.02 Å². The third-order valence-electron chi connectivity index (χ3n) is 2.72. The van der Waals surface area contributed by atoms with E-state index in [0.717, 1.165) is 29.2 Å². The first kappa shape index (κ1) is 15.4. The van der Waals surface area contributed by atoms with Crippen molar-refractivity contribution in [2.45, 2.75) is 42.9 Å². The predicted octanol–water partition coefficient (Wildman–Crippen LogP) is 3.69. The molecule has 2 rings (SSSR count). The summed E-state index contributed by atoms with van der Waals surface area (Å²) in [4.78, 5) is 5.47. The van der Waals surface area contributed by atoms with Crippen molar-refractivity contribution in [2.75, 3.05) is 0 Å². The van der Waals surface area contributed by atoms with Gasteiger partial charge < -0.3 is 10.3 Å². The van der Waals surface area contributed by atoms with Gasteiger partial charge in [0.1, 0.15) is 0 Å². The Kier molecular flexibility index (Phi) is 5.88. The lowest BCUT2D eigenvalue weighted by Crippen LogP contribution is -2.14. The standard InChI is InChI=1S/C14H18ClN3OS/c1-10(16)4-2-7-14-17-13(18-19-14)9-20-12-6-3-5-11(15)8-12/h3,5-6,8,10H,2,4,7,9,16H2,1H3. The van der Waals surface area contributed by atoms with Crippen LogP contribution in [-0.2, 0) is 12.2 Å². The molecule has 0 aliphatic heterocycles. The maximum Gasteiger partial charge on any atom is 0.226 e. The largest absolute Gasteiger partial charge is 0.339 e. The van der Waals surface area contributed by atoms with Crippen LogP contribution in [0.4, 0.5) is 0 Å². The highest BCUT2D eigenvalue weighted by molar-refractivity contribution is 7.98. The second-order valence-electron chi connectivity index (χ2n) is 4.72. The van der Waals surface area contributed by atoms with Gasteiger partial charge in [-0.1, -0.05) is 22.8 Å². The number of hydrogen-bond donors (Lipinski definition) is 1. The Bertz CT molecular complexity index is 545. The maximum absolute atomic E-state index is 5.94. The fourth-order valence-electron chi connectivity index (χ4n) is 1.73. The highest BCUT2D eigenvalue weighted by atomic mass is 35.5. The molecule has 0 aliphatic carbocycles. The van der Waals surface area contributed by atoms with Crippen LogP contribution < -0.4 is 5.73 Å². The molecule has 0 saturated heterocycles. The molecule has 0 bridgehead atoms. The zero-order valence-electron chi connectivity index (χ0n) is 11.4. The highest BCUT2D eigenvalue weighted by Gasteiger charge is 2.07. The van der Waals surface area contributed by atoms with Crippen molar-refractivity contribution in [2.24, 2.45) is 5.73 Å². The zero-order valence-corrected chi connectivity index (χ0v) is 13.0. The minimum absolute atomic E-state index is 0.218. The molecule has 108 valence electrons. The van der Waals surface area contributed by atoms with Crippen molar-refractivity contribution in [1.82, 2.24) is 10.1 Å². The molecule has 0 radical (unpaired) electrons. The van der Waals surface area contributed by atoms with E-state index in [4.69, 9.17) is 21.9 Å². The normalized spacial score (nSPS) is 12.6. The van der Waals surface area contributed by atoms with Gasteiger partial charge in [-0.15, -0.1) is 11.8 Å². The third kappa shape index (κ3) is 5.15. The first-order valence-electron chi connectivity index (χ1n) is 6.59. The fraction of sp³-hybridized carbons (Fsp3) is 0.429. The number of thioether (sulfide) groups is 1. The first-order valence-corrected chi connectivity index (χ1v) is 7.95. The van der Waals surface area contributed by atoms with E-state index in [1.54, 1.807) is 11.8 Å². The lowest BCUT2D eigenvalue weighted by atomic mass is 10.1. The fourth-order valence-corrected chi connectivity index (χ4v) is 2.78. The predicted molar refractivity (Wildman–Crippen MR) is 81.9 cm³/mol. The molecule has 20 heavy (non-hydrogen) atoms. The molecule has 1 atom stereocenters. The van der Waals surface area contributed by atoms with Gasteiger partial charge in [-0.25, -0.2) is 0 Å². The van der Waals surface area contributed by atoms with E-state index in [9.17, 15) is 0 Å². The van der Waals surface area contributed by atoms with E-state index in [-0.39, 0.29) is 6.04 Å². The summed E-state index contributed by atoms with van der Waals surface area (Å²) in [5, 5.41) is 4.72. The van der Waals surface area contributed by atoms with Crippen LogP contribution >= 0.6 is 23.4 Å². The molecular formula is C14H18ClN3OS. The summed E-state index contributed by atoms with van der Waals surface area (Å²) in [7, 11) is 0. The number of aryl methyl sites for hydroxylation is 1. The molecule has 1 aromatic carbocycles. The maximum atomic E-state index is 5.94. The number of nitrogens with zero attached hydrogens (tertiary/aromatic N) is 2. The smallest absolute Gasteiger partial charge is 0.226 e. The molecule has 2 aromatic rings. The Labute approximate surface area is 128 Å². The summed E-state index contributed by atoms with van der Waals surface area (Å²) in [6.45, 7) is 2.00. The van der Waals surface area contributed by atoms with E-state index in [1.165, 1.54) is 0 Å². The monoisotopic (exact) mass is 311 g/mol. The Morgan fingerprint density at radius 3 is 3.05 bits per heavy atom. The number of halogens is 1. The van der Waals surface area contributed by atoms with Crippen molar-refractivity contribution in [3.05, 3.63) is 41.0 Å². The quantitative estimate of drug-likeness (QED) is 0.790. The second-order valence-corrected chi connectivity index (χ2v) is 6.21. The molecule has 2 N–H and O–H groups in total. The van der Waals surface area contributed by atoms with Crippen LogP contribution in [0.1, 0.15) is 31.5 Å². The Morgan fingerprint density at radius 1 is 1.45 bits per heavy atom. The number of hydrogen-bond acceptors (Lipinski definition) is 5. The van der Waals surface area contributed by atoms with Crippen LogP contribution in [0, 0.1) is 0 Å². The minimum Gasteiger partial charge on any atom is -0.339 e. The summed E-state index contributed by atoms with van der Waals surface area (Å²) in [5.74, 6) is 2.08. The van der Waals surface area contributed by atoms with Gasteiger partial charge >= 0.3 is 0 Å². The summed E-state index contributed by atoms with van der Waals surface area (Å²) >= 11 is 7.58. The van der Waals surface area contributed by atoms with Gasteiger partial charge in [0.25, 0.3) is 0 Å². The number of rotatable bonds is 7. The minimum atomic E-state index is 0.218. The Hall–Kier alpha value is -1.04. The van der Waals surface area contributed by atoms with Gasteiger partial charge in [0, 0.05) is 22.4 Å². The van der Waals surface area contributed by atoms with Gasteiger partial charge in [0.2, 0.25) is 5.89 Å².